The van der Waals surface area contributed by atoms with Crippen molar-refractivity contribution in [2.75, 3.05) is 0 Å². The van der Waals surface area contributed by atoms with Crippen LogP contribution in [0, 0.1) is 17.1 Å². The van der Waals surface area contributed by atoms with Gasteiger partial charge in [-0.2, -0.15) is 5.26 Å². The van der Waals surface area contributed by atoms with Gasteiger partial charge >= 0.3 is 0 Å². The van der Waals surface area contributed by atoms with Gasteiger partial charge in [-0.05, 0) is 30.3 Å². The topological polar surface area (TPSA) is 45.9 Å². The highest BCUT2D eigenvalue weighted by Gasteiger charge is 2.06. The average molecular weight is 264 g/mol. The molecule has 1 aromatic heterocycles. The number of nitrogens with zero attached hydrogens (tertiary/aromatic N) is 2. The van der Waals surface area contributed by atoms with Gasteiger partial charge in [0.05, 0.1) is 11.1 Å². The smallest absolute Gasteiger partial charge is 0.221 e. The highest BCUT2D eigenvalue weighted by Crippen LogP contribution is 2.25. The number of hydrogen-bond donors (Lipinski definition) is 0. The summed E-state index contributed by atoms with van der Waals surface area (Å²) in [5.74, 6) is 0.450. The molecule has 2 aromatic carbocycles. The lowest BCUT2D eigenvalue weighted by Crippen LogP contribution is -1.91. The maximum absolute atomic E-state index is 12.8. The molecule has 0 spiro atoms. The van der Waals surface area contributed by atoms with Crippen LogP contribution in [0.5, 0.6) is 11.6 Å². The van der Waals surface area contributed by atoms with Crippen LogP contribution in [-0.2, 0) is 0 Å². The van der Waals surface area contributed by atoms with E-state index in [0.717, 1.165) is 5.39 Å². The number of ether oxygens (including phenoxy) is 1. The zero-order valence-corrected chi connectivity index (χ0v) is 10.4. The Bertz CT molecular complexity index is 807. The first-order valence-electron chi connectivity index (χ1n) is 5.99. The number of benzene rings is 2. The molecule has 0 aliphatic rings. The van der Waals surface area contributed by atoms with Crippen LogP contribution in [0.2, 0.25) is 0 Å². The van der Waals surface area contributed by atoms with E-state index in [1.165, 1.54) is 24.3 Å². The minimum Gasteiger partial charge on any atom is -0.439 e. The minimum absolute atomic E-state index is 0.312. The van der Waals surface area contributed by atoms with Gasteiger partial charge in [-0.25, -0.2) is 9.37 Å². The van der Waals surface area contributed by atoms with E-state index in [4.69, 9.17) is 4.74 Å². The van der Waals surface area contributed by atoms with E-state index in [1.807, 2.05) is 24.3 Å². The van der Waals surface area contributed by atoms with Crippen LogP contribution in [0.15, 0.2) is 54.6 Å². The molecule has 96 valence electrons. The first kappa shape index (κ1) is 12.1. The van der Waals surface area contributed by atoms with E-state index in [1.54, 1.807) is 6.07 Å². The lowest BCUT2D eigenvalue weighted by Gasteiger charge is -2.07. The van der Waals surface area contributed by atoms with Crippen LogP contribution < -0.4 is 4.74 Å². The van der Waals surface area contributed by atoms with E-state index in [2.05, 4.69) is 11.1 Å². The zero-order chi connectivity index (χ0) is 13.9. The van der Waals surface area contributed by atoms with Crippen molar-refractivity contribution in [3.8, 4) is 17.7 Å². The van der Waals surface area contributed by atoms with E-state index in [0.29, 0.717) is 22.7 Å². The second-order valence-electron chi connectivity index (χ2n) is 4.19. The number of nitriles is 1. The highest BCUT2D eigenvalue weighted by molar-refractivity contribution is 5.85. The predicted molar refractivity (Wildman–Crippen MR) is 72.9 cm³/mol. The normalized spacial score (nSPS) is 10.2. The molecule has 3 rings (SSSR count). The number of rotatable bonds is 2. The summed E-state index contributed by atoms with van der Waals surface area (Å²) >= 11 is 0. The molecular formula is C16H9FN2O. The van der Waals surface area contributed by atoms with E-state index >= 15 is 0 Å². The first-order chi connectivity index (χ1) is 9.76. The van der Waals surface area contributed by atoms with Crippen LogP contribution in [0.25, 0.3) is 10.9 Å². The molecular weight excluding hydrogens is 255 g/mol. The maximum atomic E-state index is 12.8. The third kappa shape index (κ3) is 2.29. The van der Waals surface area contributed by atoms with Crippen LogP contribution in [0.3, 0.4) is 0 Å². The molecule has 0 fully saturated rings. The highest BCUT2D eigenvalue weighted by atomic mass is 19.1. The van der Waals surface area contributed by atoms with Crippen molar-refractivity contribution >= 4 is 10.9 Å². The average Bonchev–Trinajstić information content (AvgIpc) is 2.49. The number of pyridine rings is 1. The fraction of sp³-hybridized carbons (Fsp3) is 0. The van der Waals surface area contributed by atoms with E-state index < -0.39 is 0 Å². The van der Waals surface area contributed by atoms with Crippen molar-refractivity contribution in [3.05, 3.63) is 66.0 Å². The molecule has 0 bridgehead atoms. The summed E-state index contributed by atoms with van der Waals surface area (Å²) in [6.07, 6.45) is 0. The second-order valence-corrected chi connectivity index (χ2v) is 4.19. The second kappa shape index (κ2) is 4.98. The SMILES string of the molecule is N#Cc1cc(Oc2ccc(F)cc2)nc2ccccc12. The Hall–Kier alpha value is -2.93. The molecule has 0 saturated heterocycles. The monoisotopic (exact) mass is 264 g/mol. The van der Waals surface area contributed by atoms with Crippen molar-refractivity contribution in [1.82, 2.24) is 4.98 Å². The minimum atomic E-state index is -0.332. The molecule has 0 atom stereocenters. The summed E-state index contributed by atoms with van der Waals surface area (Å²) in [7, 11) is 0. The summed E-state index contributed by atoms with van der Waals surface area (Å²) in [5, 5.41) is 9.96. The van der Waals surface area contributed by atoms with Gasteiger partial charge in [-0.3, -0.25) is 0 Å². The Morgan fingerprint density at radius 2 is 1.80 bits per heavy atom. The van der Waals surface area contributed by atoms with Gasteiger partial charge in [0, 0.05) is 11.5 Å². The van der Waals surface area contributed by atoms with Crippen molar-refractivity contribution in [2.24, 2.45) is 0 Å². The van der Waals surface area contributed by atoms with Crippen molar-refractivity contribution < 1.29 is 9.13 Å². The molecule has 3 aromatic rings. The summed E-state index contributed by atoms with van der Waals surface area (Å²) < 4.78 is 18.4. The standard InChI is InChI=1S/C16H9FN2O/c17-12-5-7-13(8-6-12)20-16-9-11(10-18)14-3-1-2-4-15(14)19-16/h1-9H. The Morgan fingerprint density at radius 3 is 2.55 bits per heavy atom. The van der Waals surface area contributed by atoms with Crippen molar-refractivity contribution in [3.63, 3.8) is 0 Å². The maximum Gasteiger partial charge on any atom is 0.221 e. The van der Waals surface area contributed by atoms with Gasteiger partial charge < -0.3 is 4.74 Å². The lowest BCUT2D eigenvalue weighted by molar-refractivity contribution is 0.463. The molecule has 1 heterocycles. The van der Waals surface area contributed by atoms with Crippen molar-refractivity contribution in [2.45, 2.75) is 0 Å². The third-order valence-electron chi connectivity index (χ3n) is 2.85. The molecule has 0 aliphatic carbocycles. The predicted octanol–water partition coefficient (Wildman–Crippen LogP) is 4.04. The van der Waals surface area contributed by atoms with E-state index in [-0.39, 0.29) is 5.82 Å². The van der Waals surface area contributed by atoms with Gasteiger partial charge in [0.2, 0.25) is 5.88 Å². The van der Waals surface area contributed by atoms with Crippen LogP contribution in [-0.4, -0.2) is 4.98 Å². The Labute approximate surface area is 114 Å². The molecule has 0 radical (unpaired) electrons. The summed E-state index contributed by atoms with van der Waals surface area (Å²) in [5.41, 5.74) is 1.18. The van der Waals surface area contributed by atoms with Crippen molar-refractivity contribution in [1.29, 1.82) is 5.26 Å². The summed E-state index contributed by atoms with van der Waals surface area (Å²) in [4.78, 5) is 4.33. The van der Waals surface area contributed by atoms with Crippen LogP contribution in [0.4, 0.5) is 4.39 Å². The fourth-order valence-corrected chi connectivity index (χ4v) is 1.92. The summed E-state index contributed by atoms with van der Waals surface area (Å²) in [6, 6.07) is 16.7. The van der Waals surface area contributed by atoms with Gasteiger partial charge in [0.1, 0.15) is 17.6 Å². The molecule has 0 N–H and O–H groups in total. The molecule has 3 nitrogen and oxygen atoms in total. The van der Waals surface area contributed by atoms with Gasteiger partial charge in [0.15, 0.2) is 0 Å². The summed E-state index contributed by atoms with van der Waals surface area (Å²) in [6.45, 7) is 0. The third-order valence-corrected chi connectivity index (χ3v) is 2.85. The Balaban J connectivity index is 2.04. The van der Waals surface area contributed by atoms with Gasteiger partial charge in [-0.15, -0.1) is 0 Å². The molecule has 4 heteroatoms. The number of hydrogen-bond acceptors (Lipinski definition) is 3. The molecule has 0 saturated carbocycles. The van der Waals surface area contributed by atoms with Crippen LogP contribution >= 0.6 is 0 Å². The zero-order valence-electron chi connectivity index (χ0n) is 10.4. The first-order valence-corrected chi connectivity index (χ1v) is 5.99. The molecule has 0 aliphatic heterocycles. The van der Waals surface area contributed by atoms with Gasteiger partial charge in [-0.1, -0.05) is 18.2 Å². The number of fused-ring (bicyclic) bond motifs is 1. The number of aromatic nitrogens is 1. The fourth-order valence-electron chi connectivity index (χ4n) is 1.92. The molecule has 20 heavy (non-hydrogen) atoms. The molecule has 0 amide bonds. The Morgan fingerprint density at radius 1 is 1.05 bits per heavy atom. The largest absolute Gasteiger partial charge is 0.439 e. The number of para-hydroxylation sites is 1. The number of halogens is 1. The quantitative estimate of drug-likeness (QED) is 0.701. The lowest BCUT2D eigenvalue weighted by atomic mass is 10.1. The Kier molecular flexibility index (Phi) is 3.02. The van der Waals surface area contributed by atoms with Gasteiger partial charge in [0.25, 0.3) is 0 Å². The van der Waals surface area contributed by atoms with E-state index in [9.17, 15) is 9.65 Å². The van der Waals surface area contributed by atoms with Crippen LogP contribution in [0.1, 0.15) is 5.56 Å². The molecule has 0 unspecified atom stereocenters.